The highest BCUT2D eigenvalue weighted by Crippen LogP contribution is 2.31. The van der Waals surface area contributed by atoms with Crippen LogP contribution in [0.15, 0.2) is 36.4 Å². The number of alkyl halides is 3. The van der Waals surface area contributed by atoms with Crippen LogP contribution in [-0.4, -0.2) is 12.1 Å². The van der Waals surface area contributed by atoms with E-state index in [0.29, 0.717) is 0 Å². The highest BCUT2D eigenvalue weighted by molar-refractivity contribution is 5.85. The SMILES string of the molecule is CCC(C)(C)c1ccc2cc(OC(=O)CCC(F)(F)F)ccc2c1. The van der Waals surface area contributed by atoms with Crippen LogP contribution in [0.3, 0.4) is 0 Å². The number of halogens is 3. The lowest BCUT2D eigenvalue weighted by atomic mass is 9.81. The van der Waals surface area contributed by atoms with Gasteiger partial charge in [-0.05, 0) is 40.3 Å². The molecule has 5 heteroatoms. The first-order chi connectivity index (χ1) is 11.1. The van der Waals surface area contributed by atoms with E-state index in [1.165, 1.54) is 5.56 Å². The Hall–Kier alpha value is -2.04. The van der Waals surface area contributed by atoms with E-state index in [1.807, 2.05) is 18.2 Å². The Kier molecular flexibility index (Phi) is 5.21. The number of fused-ring (bicyclic) bond motifs is 1. The van der Waals surface area contributed by atoms with Gasteiger partial charge in [0.15, 0.2) is 0 Å². The summed E-state index contributed by atoms with van der Waals surface area (Å²) in [6.07, 6.45) is -5.20. The molecule has 0 spiro atoms. The molecule has 0 amide bonds. The van der Waals surface area contributed by atoms with Gasteiger partial charge in [-0.25, -0.2) is 0 Å². The first kappa shape index (κ1) is 18.3. The zero-order valence-corrected chi connectivity index (χ0v) is 14.0. The fourth-order valence-electron chi connectivity index (χ4n) is 2.34. The minimum Gasteiger partial charge on any atom is -0.427 e. The van der Waals surface area contributed by atoms with Crippen molar-refractivity contribution in [3.63, 3.8) is 0 Å². The number of hydrogen-bond acceptors (Lipinski definition) is 2. The molecule has 0 heterocycles. The van der Waals surface area contributed by atoms with Gasteiger partial charge in [-0.3, -0.25) is 4.79 Å². The molecule has 0 unspecified atom stereocenters. The third-order valence-corrected chi connectivity index (χ3v) is 4.32. The molecular weight excluding hydrogens is 317 g/mol. The average Bonchev–Trinajstić information content (AvgIpc) is 2.51. The summed E-state index contributed by atoms with van der Waals surface area (Å²) in [7, 11) is 0. The van der Waals surface area contributed by atoms with Crippen LogP contribution in [0, 0.1) is 0 Å². The molecule has 0 fully saturated rings. The Morgan fingerprint density at radius 3 is 2.29 bits per heavy atom. The summed E-state index contributed by atoms with van der Waals surface area (Å²) >= 11 is 0. The lowest BCUT2D eigenvalue weighted by Crippen LogP contribution is -2.15. The van der Waals surface area contributed by atoms with Crippen LogP contribution in [-0.2, 0) is 10.2 Å². The molecular formula is C19H21F3O2. The molecule has 0 saturated heterocycles. The zero-order valence-electron chi connectivity index (χ0n) is 14.0. The maximum atomic E-state index is 12.1. The van der Waals surface area contributed by atoms with Crippen molar-refractivity contribution in [2.45, 2.75) is 51.6 Å². The summed E-state index contributed by atoms with van der Waals surface area (Å²) in [4.78, 5) is 11.5. The summed E-state index contributed by atoms with van der Waals surface area (Å²) in [5, 5.41) is 1.89. The van der Waals surface area contributed by atoms with Gasteiger partial charge in [0.2, 0.25) is 0 Å². The van der Waals surface area contributed by atoms with Crippen LogP contribution in [0.4, 0.5) is 13.2 Å². The third-order valence-electron chi connectivity index (χ3n) is 4.32. The van der Waals surface area contributed by atoms with Gasteiger partial charge >= 0.3 is 12.1 Å². The molecule has 2 rings (SSSR count). The van der Waals surface area contributed by atoms with Gasteiger partial charge in [-0.2, -0.15) is 13.2 Å². The van der Waals surface area contributed by atoms with Crippen molar-refractivity contribution in [2.24, 2.45) is 0 Å². The monoisotopic (exact) mass is 338 g/mol. The Morgan fingerprint density at radius 2 is 1.67 bits per heavy atom. The maximum absolute atomic E-state index is 12.1. The maximum Gasteiger partial charge on any atom is 0.389 e. The van der Waals surface area contributed by atoms with Gasteiger partial charge in [0.05, 0.1) is 12.8 Å². The lowest BCUT2D eigenvalue weighted by molar-refractivity contribution is -0.151. The van der Waals surface area contributed by atoms with Crippen LogP contribution < -0.4 is 4.74 Å². The van der Waals surface area contributed by atoms with E-state index in [9.17, 15) is 18.0 Å². The van der Waals surface area contributed by atoms with Crippen molar-refractivity contribution >= 4 is 16.7 Å². The number of esters is 1. The number of rotatable bonds is 5. The molecule has 2 aromatic rings. The highest BCUT2D eigenvalue weighted by Gasteiger charge is 2.28. The molecule has 130 valence electrons. The van der Waals surface area contributed by atoms with Crippen LogP contribution in [0.1, 0.15) is 45.6 Å². The fourth-order valence-corrected chi connectivity index (χ4v) is 2.34. The number of hydrogen-bond donors (Lipinski definition) is 0. The quantitative estimate of drug-likeness (QED) is 0.510. The molecule has 0 N–H and O–H groups in total. The van der Waals surface area contributed by atoms with E-state index in [1.54, 1.807) is 12.1 Å². The van der Waals surface area contributed by atoms with Gasteiger partial charge in [0, 0.05) is 0 Å². The summed E-state index contributed by atoms with van der Waals surface area (Å²) < 4.78 is 41.4. The molecule has 0 saturated carbocycles. The summed E-state index contributed by atoms with van der Waals surface area (Å²) in [5.74, 6) is -0.618. The normalized spacial score (nSPS) is 12.4. The minimum atomic E-state index is -4.36. The van der Waals surface area contributed by atoms with Crippen molar-refractivity contribution in [2.75, 3.05) is 0 Å². The van der Waals surface area contributed by atoms with Crippen LogP contribution in [0.25, 0.3) is 10.8 Å². The van der Waals surface area contributed by atoms with E-state index in [4.69, 9.17) is 4.74 Å². The Morgan fingerprint density at radius 1 is 1.04 bits per heavy atom. The Labute approximate surface area is 139 Å². The summed E-state index contributed by atoms with van der Waals surface area (Å²) in [6, 6.07) is 11.2. The molecule has 0 aromatic heterocycles. The lowest BCUT2D eigenvalue weighted by Gasteiger charge is -2.23. The highest BCUT2D eigenvalue weighted by atomic mass is 19.4. The number of carbonyl (C=O) groups is 1. The molecule has 24 heavy (non-hydrogen) atoms. The van der Waals surface area contributed by atoms with Crippen molar-refractivity contribution in [3.05, 3.63) is 42.0 Å². The van der Waals surface area contributed by atoms with Gasteiger partial charge in [-0.15, -0.1) is 0 Å². The first-order valence-corrected chi connectivity index (χ1v) is 7.92. The van der Waals surface area contributed by atoms with Crippen molar-refractivity contribution < 1.29 is 22.7 Å². The first-order valence-electron chi connectivity index (χ1n) is 7.92. The van der Waals surface area contributed by atoms with Gasteiger partial charge in [-0.1, -0.05) is 45.0 Å². The van der Waals surface area contributed by atoms with E-state index in [0.717, 1.165) is 17.2 Å². The zero-order chi connectivity index (χ0) is 18.0. The van der Waals surface area contributed by atoms with E-state index < -0.39 is 25.0 Å². The number of carbonyl (C=O) groups excluding carboxylic acids is 1. The topological polar surface area (TPSA) is 26.3 Å². The van der Waals surface area contributed by atoms with Crippen molar-refractivity contribution in [3.8, 4) is 5.75 Å². The van der Waals surface area contributed by atoms with Crippen LogP contribution in [0.5, 0.6) is 5.75 Å². The van der Waals surface area contributed by atoms with E-state index >= 15 is 0 Å². The van der Waals surface area contributed by atoms with Crippen LogP contribution >= 0.6 is 0 Å². The van der Waals surface area contributed by atoms with E-state index in [2.05, 4.69) is 26.8 Å². The molecule has 0 atom stereocenters. The van der Waals surface area contributed by atoms with Crippen molar-refractivity contribution in [1.82, 2.24) is 0 Å². The number of benzene rings is 2. The second kappa shape index (κ2) is 6.83. The average molecular weight is 338 g/mol. The summed E-state index contributed by atoms with van der Waals surface area (Å²) in [6.45, 7) is 6.48. The Bertz CT molecular complexity index is 733. The molecule has 2 aromatic carbocycles. The van der Waals surface area contributed by atoms with Gasteiger partial charge < -0.3 is 4.74 Å². The second-order valence-corrected chi connectivity index (χ2v) is 6.55. The van der Waals surface area contributed by atoms with Gasteiger partial charge in [0.25, 0.3) is 0 Å². The largest absolute Gasteiger partial charge is 0.427 e. The standard InChI is InChI=1S/C19H21F3O2/c1-4-18(2,3)15-7-5-14-12-16(8-6-13(14)11-15)24-17(23)9-10-19(20,21)22/h5-8,11-12H,4,9-10H2,1-3H3. The second-order valence-electron chi connectivity index (χ2n) is 6.55. The molecule has 0 radical (unpaired) electrons. The number of ether oxygens (including phenoxy) is 1. The smallest absolute Gasteiger partial charge is 0.389 e. The fraction of sp³-hybridized carbons (Fsp3) is 0.421. The van der Waals surface area contributed by atoms with Crippen LogP contribution in [0.2, 0.25) is 0 Å². The molecule has 0 aliphatic carbocycles. The predicted molar refractivity (Wildman–Crippen MR) is 88.2 cm³/mol. The molecule has 2 nitrogen and oxygen atoms in total. The summed E-state index contributed by atoms with van der Waals surface area (Å²) in [5.41, 5.74) is 1.28. The minimum absolute atomic E-state index is 0.0664. The molecule has 0 aliphatic heterocycles. The Balaban J connectivity index is 2.14. The van der Waals surface area contributed by atoms with E-state index in [-0.39, 0.29) is 11.2 Å². The van der Waals surface area contributed by atoms with Gasteiger partial charge in [0.1, 0.15) is 5.75 Å². The third kappa shape index (κ3) is 4.73. The molecule has 0 bridgehead atoms. The van der Waals surface area contributed by atoms with Crippen molar-refractivity contribution in [1.29, 1.82) is 0 Å². The molecule has 0 aliphatic rings. The predicted octanol–water partition coefficient (Wildman–Crippen LogP) is 5.78.